The average Bonchev–Trinajstić information content (AvgIpc) is 2.14. The second-order valence-electron chi connectivity index (χ2n) is 3.54. The summed E-state index contributed by atoms with van der Waals surface area (Å²) in [4.78, 5) is 25.6. The molecule has 0 aliphatic carbocycles. The molecule has 0 unspecified atom stereocenters. The zero-order valence-corrected chi connectivity index (χ0v) is 12.7. The summed E-state index contributed by atoms with van der Waals surface area (Å²) >= 11 is 16.9. The number of nitro groups is 1. The highest BCUT2D eigenvalue weighted by Gasteiger charge is 2.30. The van der Waals surface area contributed by atoms with Gasteiger partial charge in [-0.3, -0.25) is 15.0 Å². The SMILES string of the molecule is CN(SC(Cl)(Cl)Cl)C(=O)ON=CC(C)(C)[N+](=O)[O-]. The van der Waals surface area contributed by atoms with E-state index in [1.807, 2.05) is 0 Å². The molecule has 7 nitrogen and oxygen atoms in total. The van der Waals surface area contributed by atoms with Crippen molar-refractivity contribution in [3.8, 4) is 0 Å². The first-order valence-electron chi connectivity index (χ1n) is 4.35. The van der Waals surface area contributed by atoms with Gasteiger partial charge in [-0.05, 0) is 0 Å². The van der Waals surface area contributed by atoms with Crippen molar-refractivity contribution in [1.29, 1.82) is 0 Å². The Morgan fingerprint density at radius 3 is 2.39 bits per heavy atom. The zero-order valence-electron chi connectivity index (χ0n) is 9.59. The quantitative estimate of drug-likeness (QED) is 0.196. The van der Waals surface area contributed by atoms with Gasteiger partial charge < -0.3 is 0 Å². The standard InChI is InChI=1S/C7H10Cl3N3O4S/c1-6(2,13(15)16)4-11-17-5(14)12(3)18-7(8,9)10/h4H,1-3H3. The molecule has 11 heteroatoms. The third-order valence-corrected chi connectivity index (χ3v) is 2.72. The van der Waals surface area contributed by atoms with Crippen LogP contribution in [0.15, 0.2) is 5.16 Å². The molecule has 0 heterocycles. The Labute approximate surface area is 123 Å². The van der Waals surface area contributed by atoms with Crippen LogP contribution in [-0.4, -0.2) is 37.2 Å². The Morgan fingerprint density at radius 1 is 1.50 bits per heavy atom. The smallest absolute Gasteiger partial charge is 0.297 e. The van der Waals surface area contributed by atoms with Crippen molar-refractivity contribution in [3.05, 3.63) is 10.1 Å². The van der Waals surface area contributed by atoms with Gasteiger partial charge in [0.2, 0.25) is 0 Å². The fourth-order valence-electron chi connectivity index (χ4n) is 0.498. The number of carbonyl (C=O) groups is 1. The molecule has 0 saturated carbocycles. The number of oxime groups is 1. The van der Waals surface area contributed by atoms with Gasteiger partial charge in [-0.1, -0.05) is 40.0 Å². The number of amides is 1. The van der Waals surface area contributed by atoms with E-state index in [1.165, 1.54) is 20.9 Å². The van der Waals surface area contributed by atoms with Crippen LogP contribution < -0.4 is 0 Å². The van der Waals surface area contributed by atoms with Gasteiger partial charge in [0.1, 0.15) is 6.21 Å². The average molecular weight is 339 g/mol. The molecule has 18 heavy (non-hydrogen) atoms. The Hall–Kier alpha value is -0.440. The molecule has 0 fully saturated rings. The van der Waals surface area contributed by atoms with Gasteiger partial charge in [0, 0.05) is 37.8 Å². The zero-order chi connectivity index (χ0) is 14.6. The van der Waals surface area contributed by atoms with E-state index in [-0.39, 0.29) is 0 Å². The van der Waals surface area contributed by atoms with Crippen molar-refractivity contribution in [2.75, 3.05) is 7.05 Å². The summed E-state index contributed by atoms with van der Waals surface area (Å²) in [6.45, 7) is 2.59. The minimum atomic E-state index is -1.72. The third kappa shape index (κ3) is 7.10. The topological polar surface area (TPSA) is 85.0 Å². The minimum absolute atomic E-state index is 0.576. The predicted octanol–water partition coefficient (Wildman–Crippen LogP) is 3.07. The molecule has 0 bridgehead atoms. The molecule has 0 aliphatic rings. The highest BCUT2D eigenvalue weighted by molar-refractivity contribution is 8.03. The lowest BCUT2D eigenvalue weighted by molar-refractivity contribution is -0.536. The maximum absolute atomic E-state index is 11.3. The minimum Gasteiger partial charge on any atom is -0.297 e. The van der Waals surface area contributed by atoms with Crippen molar-refractivity contribution >= 4 is 59.1 Å². The molecule has 0 N–H and O–H groups in total. The predicted molar refractivity (Wildman–Crippen MR) is 71.7 cm³/mol. The van der Waals surface area contributed by atoms with Crippen LogP contribution >= 0.6 is 46.8 Å². The molecule has 0 spiro atoms. The highest BCUT2D eigenvalue weighted by Crippen LogP contribution is 2.40. The maximum atomic E-state index is 11.3. The van der Waals surface area contributed by atoms with Crippen LogP contribution in [0.5, 0.6) is 0 Å². The van der Waals surface area contributed by atoms with Crippen molar-refractivity contribution in [3.63, 3.8) is 0 Å². The van der Waals surface area contributed by atoms with Crippen LogP contribution in [0.25, 0.3) is 0 Å². The summed E-state index contributed by atoms with van der Waals surface area (Å²) in [5.41, 5.74) is -1.44. The van der Waals surface area contributed by atoms with Crippen LogP contribution in [0.2, 0.25) is 0 Å². The molecule has 0 saturated heterocycles. The van der Waals surface area contributed by atoms with E-state index in [4.69, 9.17) is 34.8 Å². The second-order valence-corrected chi connectivity index (χ2v) is 7.83. The van der Waals surface area contributed by atoms with Crippen LogP contribution in [0, 0.1) is 10.1 Å². The van der Waals surface area contributed by atoms with Crippen LogP contribution in [0.4, 0.5) is 4.79 Å². The molecular formula is C7H10Cl3N3O4S. The van der Waals surface area contributed by atoms with Gasteiger partial charge in [0.15, 0.2) is 0 Å². The lowest BCUT2D eigenvalue weighted by Crippen LogP contribution is -2.33. The molecule has 0 radical (unpaired) electrons. The lowest BCUT2D eigenvalue weighted by atomic mass is 10.1. The number of nitrogens with zero attached hydrogens (tertiary/aromatic N) is 3. The van der Waals surface area contributed by atoms with Crippen LogP contribution in [0.1, 0.15) is 13.8 Å². The molecule has 0 aromatic carbocycles. The molecule has 0 atom stereocenters. The summed E-state index contributed by atoms with van der Waals surface area (Å²) < 4.78 is -0.832. The maximum Gasteiger partial charge on any atom is 0.445 e. The largest absolute Gasteiger partial charge is 0.445 e. The number of alkyl halides is 3. The molecule has 0 aromatic heterocycles. The van der Waals surface area contributed by atoms with Crippen LogP contribution in [0.3, 0.4) is 0 Å². The van der Waals surface area contributed by atoms with Gasteiger partial charge in [0.05, 0.1) is 0 Å². The fraction of sp³-hybridized carbons (Fsp3) is 0.714. The number of hydrogen-bond acceptors (Lipinski definition) is 6. The molecule has 0 rings (SSSR count). The number of carbonyl (C=O) groups excluding carboxylic acids is 1. The lowest BCUT2D eigenvalue weighted by Gasteiger charge is -2.17. The Morgan fingerprint density at radius 2 is 2.00 bits per heavy atom. The number of halogens is 3. The van der Waals surface area contributed by atoms with E-state index >= 15 is 0 Å². The molecule has 1 amide bonds. The second kappa shape index (κ2) is 6.65. The van der Waals surface area contributed by atoms with Gasteiger partial charge in [0.25, 0.3) is 8.66 Å². The summed E-state index contributed by atoms with van der Waals surface area (Å²) in [6.07, 6.45) is -0.0413. The van der Waals surface area contributed by atoms with Gasteiger partial charge in [-0.25, -0.2) is 9.10 Å². The Kier molecular flexibility index (Phi) is 6.48. The van der Waals surface area contributed by atoms with Crippen molar-refractivity contribution in [1.82, 2.24) is 4.31 Å². The first-order chi connectivity index (χ1) is 7.96. The van der Waals surface area contributed by atoms with Gasteiger partial charge in [-0.15, -0.1) is 0 Å². The van der Waals surface area contributed by atoms with Crippen molar-refractivity contribution in [2.24, 2.45) is 5.16 Å². The van der Waals surface area contributed by atoms with Crippen molar-refractivity contribution < 1.29 is 14.6 Å². The molecule has 0 aromatic rings. The van der Waals surface area contributed by atoms with E-state index in [1.54, 1.807) is 0 Å². The summed E-state index contributed by atoms with van der Waals surface area (Å²) in [6, 6.07) is 0. The fourth-order valence-corrected chi connectivity index (χ4v) is 1.85. The molecular weight excluding hydrogens is 329 g/mol. The summed E-state index contributed by atoms with van der Waals surface area (Å²) in [5.74, 6) is 0. The summed E-state index contributed by atoms with van der Waals surface area (Å²) in [5, 5.41) is 13.7. The highest BCUT2D eigenvalue weighted by atomic mass is 35.6. The van der Waals surface area contributed by atoms with Gasteiger partial charge >= 0.3 is 6.09 Å². The Balaban J connectivity index is 4.35. The normalized spacial score (nSPS) is 12.6. The summed E-state index contributed by atoms with van der Waals surface area (Å²) in [7, 11) is 1.29. The molecule has 104 valence electrons. The number of rotatable bonds is 4. The van der Waals surface area contributed by atoms with E-state index < -0.39 is 19.7 Å². The number of hydrogen-bond donors (Lipinski definition) is 0. The Bertz CT molecular complexity index is 358. The van der Waals surface area contributed by atoms with Crippen molar-refractivity contribution in [2.45, 2.75) is 22.5 Å². The van der Waals surface area contributed by atoms with Crippen LogP contribution in [-0.2, 0) is 4.84 Å². The van der Waals surface area contributed by atoms with Gasteiger partial charge in [-0.2, -0.15) is 0 Å². The first kappa shape index (κ1) is 17.6. The van der Waals surface area contributed by atoms with E-state index in [0.29, 0.717) is 11.9 Å². The first-order valence-corrected chi connectivity index (χ1v) is 6.26. The molecule has 0 aliphatic heterocycles. The van der Waals surface area contributed by atoms with E-state index in [2.05, 4.69) is 9.99 Å². The van der Waals surface area contributed by atoms with E-state index in [9.17, 15) is 14.9 Å². The van der Waals surface area contributed by atoms with E-state index in [0.717, 1.165) is 10.5 Å². The monoisotopic (exact) mass is 337 g/mol. The third-order valence-electron chi connectivity index (χ3n) is 1.47.